The van der Waals surface area contributed by atoms with Crippen LogP contribution in [-0.2, 0) is 23.0 Å². The minimum Gasteiger partial charge on any atom is -0.455 e. The number of benzene rings is 2. The minimum absolute atomic E-state index is 0.0150. The van der Waals surface area contributed by atoms with Crippen LogP contribution in [0.4, 0.5) is 0 Å². The predicted molar refractivity (Wildman–Crippen MR) is 75.7 cm³/mol. The van der Waals surface area contributed by atoms with Gasteiger partial charge in [0.1, 0.15) is 11.5 Å². The molecule has 0 saturated carbocycles. The SMILES string of the molecule is OCc1ccc(OC2OOC2Oc2ccc(CO)cc2)cc1. The van der Waals surface area contributed by atoms with E-state index in [1.165, 1.54) is 0 Å². The van der Waals surface area contributed by atoms with E-state index in [1.807, 2.05) is 0 Å². The highest BCUT2D eigenvalue weighted by molar-refractivity contribution is 5.28. The Labute approximate surface area is 127 Å². The molecule has 1 saturated heterocycles. The molecule has 2 atom stereocenters. The molecule has 116 valence electrons. The van der Waals surface area contributed by atoms with E-state index >= 15 is 0 Å². The van der Waals surface area contributed by atoms with E-state index in [-0.39, 0.29) is 13.2 Å². The van der Waals surface area contributed by atoms with Crippen molar-refractivity contribution < 1.29 is 29.5 Å². The molecule has 2 aromatic carbocycles. The van der Waals surface area contributed by atoms with Crippen molar-refractivity contribution in [1.82, 2.24) is 0 Å². The predicted octanol–water partition coefficient (Wildman–Crippen LogP) is 1.74. The fraction of sp³-hybridized carbons (Fsp3) is 0.250. The summed E-state index contributed by atoms with van der Waals surface area (Å²) in [7, 11) is 0. The normalized spacial score (nSPS) is 20.3. The second-order valence-electron chi connectivity index (χ2n) is 4.77. The molecule has 1 aliphatic heterocycles. The fourth-order valence-corrected chi connectivity index (χ4v) is 1.91. The van der Waals surface area contributed by atoms with Crippen LogP contribution in [0.5, 0.6) is 11.5 Å². The van der Waals surface area contributed by atoms with Crippen molar-refractivity contribution in [2.24, 2.45) is 0 Å². The van der Waals surface area contributed by atoms with Crippen LogP contribution in [0.3, 0.4) is 0 Å². The Morgan fingerprint density at radius 3 is 1.32 bits per heavy atom. The number of hydrogen-bond donors (Lipinski definition) is 2. The summed E-state index contributed by atoms with van der Waals surface area (Å²) in [5.74, 6) is 1.18. The molecule has 0 amide bonds. The Morgan fingerprint density at radius 1 is 0.682 bits per heavy atom. The average Bonchev–Trinajstić information content (AvgIpc) is 2.57. The summed E-state index contributed by atoms with van der Waals surface area (Å²) >= 11 is 0. The highest BCUT2D eigenvalue weighted by Crippen LogP contribution is 2.25. The van der Waals surface area contributed by atoms with Crippen LogP contribution in [0.25, 0.3) is 0 Å². The molecule has 2 N–H and O–H groups in total. The molecule has 3 rings (SSSR count). The number of aliphatic hydroxyl groups is 2. The maximum atomic E-state index is 8.99. The van der Waals surface area contributed by atoms with Crippen LogP contribution in [0.2, 0.25) is 0 Å². The fourth-order valence-electron chi connectivity index (χ4n) is 1.91. The highest BCUT2D eigenvalue weighted by Gasteiger charge is 2.39. The van der Waals surface area contributed by atoms with Crippen molar-refractivity contribution >= 4 is 0 Å². The van der Waals surface area contributed by atoms with Crippen LogP contribution in [0.1, 0.15) is 11.1 Å². The number of aliphatic hydroxyl groups excluding tert-OH is 2. The van der Waals surface area contributed by atoms with Crippen LogP contribution < -0.4 is 9.47 Å². The molecule has 0 aromatic heterocycles. The highest BCUT2D eigenvalue weighted by atomic mass is 17.3. The summed E-state index contributed by atoms with van der Waals surface area (Å²) in [5, 5.41) is 18.0. The van der Waals surface area contributed by atoms with E-state index in [0.717, 1.165) is 11.1 Å². The van der Waals surface area contributed by atoms with Crippen LogP contribution in [-0.4, -0.2) is 22.8 Å². The van der Waals surface area contributed by atoms with Crippen LogP contribution in [0, 0.1) is 0 Å². The first-order valence-electron chi connectivity index (χ1n) is 6.83. The lowest BCUT2D eigenvalue weighted by Gasteiger charge is -2.33. The maximum absolute atomic E-state index is 8.99. The van der Waals surface area contributed by atoms with E-state index in [2.05, 4.69) is 0 Å². The summed E-state index contributed by atoms with van der Waals surface area (Å²) in [5.41, 5.74) is 1.60. The number of hydrogen-bond acceptors (Lipinski definition) is 6. The largest absolute Gasteiger partial charge is 0.455 e. The third-order valence-electron chi connectivity index (χ3n) is 3.18. The molecule has 0 bridgehead atoms. The second-order valence-corrected chi connectivity index (χ2v) is 4.77. The third kappa shape index (κ3) is 3.37. The molecule has 6 heteroatoms. The molecule has 2 aromatic rings. The molecule has 1 heterocycles. The van der Waals surface area contributed by atoms with Gasteiger partial charge in [-0.15, -0.1) is 0 Å². The van der Waals surface area contributed by atoms with E-state index < -0.39 is 12.6 Å². The maximum Gasteiger partial charge on any atom is 0.295 e. The van der Waals surface area contributed by atoms with Gasteiger partial charge in [0.25, 0.3) is 12.6 Å². The smallest absolute Gasteiger partial charge is 0.295 e. The van der Waals surface area contributed by atoms with Crippen molar-refractivity contribution in [1.29, 1.82) is 0 Å². The zero-order chi connectivity index (χ0) is 15.4. The molecule has 22 heavy (non-hydrogen) atoms. The van der Waals surface area contributed by atoms with Gasteiger partial charge in [-0.3, -0.25) is 0 Å². The molecular formula is C16H16O6. The van der Waals surface area contributed by atoms with E-state index in [9.17, 15) is 0 Å². The Balaban J connectivity index is 1.56. The molecule has 2 unspecified atom stereocenters. The summed E-state index contributed by atoms with van der Waals surface area (Å²) < 4.78 is 11.2. The summed E-state index contributed by atoms with van der Waals surface area (Å²) in [6.07, 6.45) is -1.34. The number of ether oxygens (including phenoxy) is 2. The first-order valence-corrected chi connectivity index (χ1v) is 6.83. The Bertz CT molecular complexity index is 540. The van der Waals surface area contributed by atoms with Crippen LogP contribution >= 0.6 is 0 Å². The topological polar surface area (TPSA) is 77.4 Å². The van der Waals surface area contributed by atoms with Gasteiger partial charge in [-0.2, -0.15) is 9.78 Å². The van der Waals surface area contributed by atoms with Gasteiger partial charge in [0.2, 0.25) is 0 Å². The zero-order valence-electron chi connectivity index (χ0n) is 11.7. The summed E-state index contributed by atoms with van der Waals surface area (Å²) in [6.45, 7) is -0.0300. The average molecular weight is 304 g/mol. The molecule has 0 radical (unpaired) electrons. The third-order valence-corrected chi connectivity index (χ3v) is 3.18. The molecule has 0 aliphatic carbocycles. The van der Waals surface area contributed by atoms with Crippen LogP contribution in [0.15, 0.2) is 48.5 Å². The molecular weight excluding hydrogens is 288 g/mol. The lowest BCUT2D eigenvalue weighted by Crippen LogP contribution is -2.50. The first-order chi connectivity index (χ1) is 10.8. The molecule has 1 aliphatic rings. The lowest BCUT2D eigenvalue weighted by molar-refractivity contribution is -0.541. The standard InChI is InChI=1S/C16H16O6/c17-9-11-1-5-13(6-2-11)19-15-16(22-21-15)20-14-7-3-12(10-18)4-8-14/h1-8,15-18H,9-10H2. The van der Waals surface area contributed by atoms with Gasteiger partial charge in [-0.25, -0.2) is 0 Å². The van der Waals surface area contributed by atoms with E-state index in [0.29, 0.717) is 11.5 Å². The lowest BCUT2D eigenvalue weighted by atomic mass is 10.2. The van der Waals surface area contributed by atoms with Gasteiger partial charge >= 0.3 is 0 Å². The Hall–Kier alpha value is -2.12. The Kier molecular flexibility index (Phi) is 4.55. The van der Waals surface area contributed by atoms with Gasteiger partial charge in [-0.1, -0.05) is 24.3 Å². The van der Waals surface area contributed by atoms with Crippen molar-refractivity contribution in [2.75, 3.05) is 0 Å². The van der Waals surface area contributed by atoms with Gasteiger partial charge in [0, 0.05) is 0 Å². The van der Waals surface area contributed by atoms with Crippen molar-refractivity contribution in [3.63, 3.8) is 0 Å². The first kappa shape index (κ1) is 14.8. The Morgan fingerprint density at radius 2 is 1.05 bits per heavy atom. The summed E-state index contributed by atoms with van der Waals surface area (Å²) in [6, 6.07) is 14.0. The monoisotopic (exact) mass is 304 g/mol. The van der Waals surface area contributed by atoms with E-state index in [1.54, 1.807) is 48.5 Å². The molecule has 6 nitrogen and oxygen atoms in total. The van der Waals surface area contributed by atoms with Gasteiger partial charge in [-0.05, 0) is 35.4 Å². The molecule has 1 fully saturated rings. The van der Waals surface area contributed by atoms with Gasteiger partial charge in [0.15, 0.2) is 0 Å². The summed E-state index contributed by atoms with van der Waals surface area (Å²) in [4.78, 5) is 9.77. The zero-order valence-corrected chi connectivity index (χ0v) is 11.7. The minimum atomic E-state index is -0.669. The van der Waals surface area contributed by atoms with Gasteiger partial charge < -0.3 is 19.7 Å². The second kappa shape index (κ2) is 6.76. The van der Waals surface area contributed by atoms with Crippen molar-refractivity contribution in [2.45, 2.75) is 25.8 Å². The van der Waals surface area contributed by atoms with Crippen molar-refractivity contribution in [3.05, 3.63) is 59.7 Å². The van der Waals surface area contributed by atoms with E-state index in [4.69, 9.17) is 29.5 Å². The molecule has 0 spiro atoms. The quantitative estimate of drug-likeness (QED) is 0.792. The van der Waals surface area contributed by atoms with Crippen molar-refractivity contribution in [3.8, 4) is 11.5 Å². The van der Waals surface area contributed by atoms with Gasteiger partial charge in [0.05, 0.1) is 13.2 Å². The number of rotatable bonds is 6.